The Balaban J connectivity index is 1.71. The first-order chi connectivity index (χ1) is 11.2. The van der Waals surface area contributed by atoms with Crippen LogP contribution in [0.4, 0.5) is 0 Å². The summed E-state index contributed by atoms with van der Waals surface area (Å²) in [5.74, 6) is -0.598. The van der Waals surface area contributed by atoms with Crippen LogP contribution in [-0.4, -0.2) is 27.7 Å². The molecule has 0 amide bonds. The number of ether oxygens (including phenoxy) is 1. The second-order valence-corrected chi connectivity index (χ2v) is 5.61. The lowest BCUT2D eigenvalue weighted by atomic mass is 10.1. The number of carbonyl (C=O) groups is 1. The molecule has 0 radical (unpaired) electrons. The van der Waals surface area contributed by atoms with Gasteiger partial charge in [-0.3, -0.25) is 9.51 Å². The SMILES string of the molecule is CCOC(=O)c1csc(Cc2ccc(-c3noc(=O)[nH]3)cc2)n1. The van der Waals surface area contributed by atoms with Gasteiger partial charge in [0.15, 0.2) is 11.5 Å². The highest BCUT2D eigenvalue weighted by atomic mass is 32.1. The van der Waals surface area contributed by atoms with E-state index in [1.54, 1.807) is 12.3 Å². The summed E-state index contributed by atoms with van der Waals surface area (Å²) < 4.78 is 9.40. The number of rotatable bonds is 5. The van der Waals surface area contributed by atoms with Crippen LogP contribution < -0.4 is 5.76 Å². The molecule has 1 N–H and O–H groups in total. The highest BCUT2D eigenvalue weighted by molar-refractivity contribution is 7.09. The van der Waals surface area contributed by atoms with Gasteiger partial charge in [0.05, 0.1) is 11.6 Å². The molecule has 118 valence electrons. The van der Waals surface area contributed by atoms with Crippen LogP contribution in [0.1, 0.15) is 28.0 Å². The third-order valence-electron chi connectivity index (χ3n) is 3.06. The summed E-state index contributed by atoms with van der Waals surface area (Å²) in [5.41, 5.74) is 2.12. The van der Waals surface area contributed by atoms with E-state index in [4.69, 9.17) is 4.74 Å². The molecule has 0 saturated carbocycles. The fourth-order valence-corrected chi connectivity index (χ4v) is 2.80. The summed E-state index contributed by atoms with van der Waals surface area (Å²) in [5, 5.41) is 6.16. The Kier molecular flexibility index (Phi) is 4.33. The van der Waals surface area contributed by atoms with Crippen molar-refractivity contribution in [1.82, 2.24) is 15.1 Å². The van der Waals surface area contributed by atoms with E-state index in [-0.39, 0.29) is 0 Å². The first-order valence-corrected chi connectivity index (χ1v) is 7.80. The smallest absolute Gasteiger partial charge is 0.439 e. The molecule has 2 heterocycles. The van der Waals surface area contributed by atoms with Crippen molar-refractivity contribution >= 4 is 17.3 Å². The molecule has 7 nitrogen and oxygen atoms in total. The first-order valence-electron chi connectivity index (χ1n) is 6.92. The molecule has 0 unspecified atom stereocenters. The molecule has 3 rings (SSSR count). The molecular formula is C15H13N3O4S. The summed E-state index contributed by atoms with van der Waals surface area (Å²) in [6.07, 6.45) is 0.611. The fourth-order valence-electron chi connectivity index (χ4n) is 2.00. The van der Waals surface area contributed by atoms with Gasteiger partial charge in [0, 0.05) is 17.4 Å². The largest absolute Gasteiger partial charge is 0.461 e. The van der Waals surface area contributed by atoms with E-state index in [1.807, 2.05) is 24.3 Å². The van der Waals surface area contributed by atoms with Crippen LogP contribution in [0.25, 0.3) is 11.4 Å². The molecule has 0 fully saturated rings. The molecule has 0 aliphatic heterocycles. The van der Waals surface area contributed by atoms with E-state index in [9.17, 15) is 9.59 Å². The number of aromatic amines is 1. The maximum atomic E-state index is 11.6. The van der Waals surface area contributed by atoms with Crippen molar-refractivity contribution in [2.75, 3.05) is 6.61 Å². The molecule has 0 bridgehead atoms. The van der Waals surface area contributed by atoms with Gasteiger partial charge in [-0.15, -0.1) is 11.3 Å². The second kappa shape index (κ2) is 6.57. The third kappa shape index (κ3) is 3.54. The van der Waals surface area contributed by atoms with Gasteiger partial charge in [0.25, 0.3) is 0 Å². The van der Waals surface area contributed by atoms with Crippen LogP contribution in [0.2, 0.25) is 0 Å². The molecule has 0 aliphatic carbocycles. The average Bonchev–Trinajstić information content (AvgIpc) is 3.18. The lowest BCUT2D eigenvalue weighted by Gasteiger charge is -2.00. The van der Waals surface area contributed by atoms with Crippen molar-refractivity contribution in [3.05, 3.63) is 56.5 Å². The Morgan fingerprint density at radius 3 is 2.78 bits per heavy atom. The quantitative estimate of drug-likeness (QED) is 0.720. The van der Waals surface area contributed by atoms with Crippen LogP contribution >= 0.6 is 11.3 Å². The number of nitrogens with zero attached hydrogens (tertiary/aromatic N) is 2. The van der Waals surface area contributed by atoms with Crippen molar-refractivity contribution in [3.63, 3.8) is 0 Å². The van der Waals surface area contributed by atoms with Gasteiger partial charge in [-0.25, -0.2) is 14.6 Å². The van der Waals surface area contributed by atoms with Crippen molar-refractivity contribution in [2.45, 2.75) is 13.3 Å². The van der Waals surface area contributed by atoms with Crippen molar-refractivity contribution < 1.29 is 14.1 Å². The maximum Gasteiger partial charge on any atom is 0.439 e. The number of thiazole rings is 1. The maximum absolute atomic E-state index is 11.6. The van der Waals surface area contributed by atoms with Gasteiger partial charge >= 0.3 is 11.7 Å². The first kappa shape index (κ1) is 15.2. The molecule has 3 aromatic rings. The summed E-state index contributed by atoms with van der Waals surface area (Å²) in [7, 11) is 0. The van der Waals surface area contributed by atoms with E-state index in [2.05, 4.69) is 19.6 Å². The Bertz CT molecular complexity index is 863. The van der Waals surface area contributed by atoms with Crippen molar-refractivity contribution in [2.24, 2.45) is 0 Å². The number of hydrogen-bond acceptors (Lipinski definition) is 7. The molecule has 1 aromatic carbocycles. The van der Waals surface area contributed by atoms with Crippen molar-refractivity contribution in [1.29, 1.82) is 0 Å². The molecule has 0 spiro atoms. The highest BCUT2D eigenvalue weighted by Crippen LogP contribution is 2.19. The van der Waals surface area contributed by atoms with Gasteiger partial charge in [-0.2, -0.15) is 0 Å². The van der Waals surface area contributed by atoms with Gasteiger partial charge in [0.1, 0.15) is 0 Å². The monoisotopic (exact) mass is 331 g/mol. The van der Waals surface area contributed by atoms with Crippen LogP contribution in [0.15, 0.2) is 39.0 Å². The van der Waals surface area contributed by atoms with Gasteiger partial charge in [-0.1, -0.05) is 29.4 Å². The summed E-state index contributed by atoms with van der Waals surface area (Å²) in [4.78, 5) is 29.3. The fraction of sp³-hybridized carbons (Fsp3) is 0.200. The Labute approximate surface area is 134 Å². The number of carbonyl (C=O) groups excluding carboxylic acids is 1. The van der Waals surface area contributed by atoms with Gasteiger partial charge in [-0.05, 0) is 12.5 Å². The molecular weight excluding hydrogens is 318 g/mol. The minimum atomic E-state index is -0.585. The lowest BCUT2D eigenvalue weighted by Crippen LogP contribution is -2.05. The molecule has 2 aromatic heterocycles. The zero-order valence-electron chi connectivity index (χ0n) is 12.2. The van der Waals surface area contributed by atoms with Crippen molar-refractivity contribution in [3.8, 4) is 11.4 Å². The Morgan fingerprint density at radius 1 is 1.35 bits per heavy atom. The molecule has 0 saturated heterocycles. The topological polar surface area (TPSA) is 98.1 Å². The predicted octanol–water partition coefficient (Wildman–Crippen LogP) is 2.25. The standard InChI is InChI=1S/C15H13N3O4S/c1-2-21-14(19)11-8-23-12(16-11)7-9-3-5-10(6-4-9)13-17-15(20)22-18-13/h3-6,8H,2,7H2,1H3,(H,17,18,20). The number of H-pyrrole nitrogens is 1. The summed E-state index contributed by atoms with van der Waals surface area (Å²) in [6.45, 7) is 2.09. The predicted molar refractivity (Wildman–Crippen MR) is 83.4 cm³/mol. The summed E-state index contributed by atoms with van der Waals surface area (Å²) >= 11 is 1.42. The number of benzene rings is 1. The normalized spacial score (nSPS) is 10.7. The zero-order chi connectivity index (χ0) is 16.2. The third-order valence-corrected chi connectivity index (χ3v) is 3.91. The summed E-state index contributed by atoms with van der Waals surface area (Å²) in [6, 6.07) is 7.49. The van der Waals surface area contributed by atoms with Crippen LogP contribution in [0.5, 0.6) is 0 Å². The van der Waals surface area contributed by atoms with E-state index in [0.29, 0.717) is 24.5 Å². The Morgan fingerprint density at radius 2 is 2.13 bits per heavy atom. The van der Waals surface area contributed by atoms with Gasteiger partial charge in [0.2, 0.25) is 0 Å². The van der Waals surface area contributed by atoms with E-state index in [0.717, 1.165) is 16.1 Å². The van der Waals surface area contributed by atoms with Crippen LogP contribution in [0.3, 0.4) is 0 Å². The lowest BCUT2D eigenvalue weighted by molar-refractivity contribution is 0.0520. The number of aromatic nitrogens is 3. The Hall–Kier alpha value is -2.74. The number of hydrogen-bond donors (Lipinski definition) is 1. The molecule has 0 atom stereocenters. The number of esters is 1. The van der Waals surface area contributed by atoms with E-state index >= 15 is 0 Å². The average molecular weight is 331 g/mol. The van der Waals surface area contributed by atoms with E-state index in [1.165, 1.54) is 11.3 Å². The minimum absolute atomic E-state index is 0.331. The van der Waals surface area contributed by atoms with Gasteiger partial charge < -0.3 is 4.74 Å². The van der Waals surface area contributed by atoms with Crippen LogP contribution in [-0.2, 0) is 11.2 Å². The molecule has 8 heteroatoms. The molecule has 23 heavy (non-hydrogen) atoms. The number of nitrogens with one attached hydrogen (secondary N) is 1. The minimum Gasteiger partial charge on any atom is -0.461 e. The van der Waals surface area contributed by atoms with Crippen LogP contribution in [0, 0.1) is 0 Å². The zero-order valence-corrected chi connectivity index (χ0v) is 13.1. The second-order valence-electron chi connectivity index (χ2n) is 4.66. The molecule has 0 aliphatic rings. The highest BCUT2D eigenvalue weighted by Gasteiger charge is 2.12. The van der Waals surface area contributed by atoms with E-state index < -0.39 is 11.7 Å².